The summed E-state index contributed by atoms with van der Waals surface area (Å²) in [5.74, 6) is 0.933. The third-order valence-electron chi connectivity index (χ3n) is 2.44. The zero-order valence-corrected chi connectivity index (χ0v) is 15.6. The van der Waals surface area contributed by atoms with E-state index < -0.39 is 7.37 Å². The summed E-state index contributed by atoms with van der Waals surface area (Å²) < 4.78 is 32.6. The van der Waals surface area contributed by atoms with Crippen LogP contribution in [0.5, 0.6) is 0 Å². The van der Waals surface area contributed by atoms with E-state index in [4.69, 9.17) is 18.9 Å². The lowest BCUT2D eigenvalue weighted by Crippen LogP contribution is -2.19. The third-order valence-corrected chi connectivity index (χ3v) is 4.19. The maximum absolute atomic E-state index is 11.7. The molecule has 0 aliphatic rings. The quantitative estimate of drug-likeness (QED) is 0.325. The SMILES string of the molecule is CSCCOCCOCP(=O)(O)COCCOCCN(C)C. The summed E-state index contributed by atoms with van der Waals surface area (Å²) >= 11 is 1.71. The molecule has 0 aromatic carbocycles. The Kier molecular flexibility index (Phi) is 15.1. The van der Waals surface area contributed by atoms with E-state index in [9.17, 15) is 9.46 Å². The molecule has 0 rings (SSSR count). The van der Waals surface area contributed by atoms with Crippen LogP contribution in [0.25, 0.3) is 0 Å². The third kappa shape index (κ3) is 16.7. The van der Waals surface area contributed by atoms with Gasteiger partial charge in [-0.2, -0.15) is 11.8 Å². The lowest BCUT2D eigenvalue weighted by atomic mass is 10.6. The number of nitrogens with zero attached hydrogens (tertiary/aromatic N) is 1. The minimum absolute atomic E-state index is 0.208. The summed E-state index contributed by atoms with van der Waals surface area (Å²) in [6.45, 7) is 3.58. The van der Waals surface area contributed by atoms with Gasteiger partial charge in [-0.15, -0.1) is 0 Å². The van der Waals surface area contributed by atoms with Crippen LogP contribution >= 0.6 is 19.1 Å². The van der Waals surface area contributed by atoms with Gasteiger partial charge in [-0.1, -0.05) is 0 Å². The van der Waals surface area contributed by atoms with Gasteiger partial charge in [0, 0.05) is 12.3 Å². The molecule has 0 saturated heterocycles. The summed E-state index contributed by atoms with van der Waals surface area (Å²) in [7, 11) is 0.543. The van der Waals surface area contributed by atoms with Crippen molar-refractivity contribution in [3.8, 4) is 0 Å². The monoisotopic (exact) mass is 359 g/mol. The number of rotatable bonds is 16. The van der Waals surface area contributed by atoms with Crippen molar-refractivity contribution >= 4 is 19.1 Å². The minimum atomic E-state index is -3.39. The molecule has 0 saturated carbocycles. The lowest BCUT2D eigenvalue weighted by Gasteiger charge is -2.13. The van der Waals surface area contributed by atoms with Crippen LogP contribution in [0.15, 0.2) is 0 Å². The molecule has 0 radical (unpaired) electrons. The van der Waals surface area contributed by atoms with E-state index in [1.807, 2.05) is 25.3 Å². The first-order valence-corrected chi connectivity index (χ1v) is 10.7. The highest BCUT2D eigenvalue weighted by Crippen LogP contribution is 2.39. The molecule has 0 heterocycles. The maximum Gasteiger partial charge on any atom is 0.250 e. The van der Waals surface area contributed by atoms with Crippen LogP contribution in [-0.2, 0) is 23.5 Å². The topological polar surface area (TPSA) is 77.5 Å². The van der Waals surface area contributed by atoms with Gasteiger partial charge in [-0.05, 0) is 20.4 Å². The summed E-state index contributed by atoms with van der Waals surface area (Å²) in [5, 5.41) is 0. The van der Waals surface area contributed by atoms with Crippen molar-refractivity contribution in [2.75, 3.05) is 85.0 Å². The second kappa shape index (κ2) is 14.9. The van der Waals surface area contributed by atoms with E-state index in [0.29, 0.717) is 39.6 Å². The molecule has 0 aliphatic heterocycles. The Morgan fingerprint density at radius 3 is 1.91 bits per heavy atom. The molecule has 0 aromatic rings. The Bertz CT molecular complexity index is 296. The molecule has 7 nitrogen and oxygen atoms in total. The molecule has 0 aliphatic carbocycles. The second-order valence-electron chi connectivity index (χ2n) is 4.94. The highest BCUT2D eigenvalue weighted by atomic mass is 32.2. The van der Waals surface area contributed by atoms with Gasteiger partial charge in [-0.3, -0.25) is 4.57 Å². The van der Waals surface area contributed by atoms with E-state index in [1.165, 1.54) is 0 Å². The van der Waals surface area contributed by atoms with E-state index in [-0.39, 0.29) is 12.7 Å². The second-order valence-corrected chi connectivity index (χ2v) is 8.14. The Morgan fingerprint density at radius 1 is 0.909 bits per heavy atom. The van der Waals surface area contributed by atoms with Crippen molar-refractivity contribution in [3.63, 3.8) is 0 Å². The van der Waals surface area contributed by atoms with Crippen molar-refractivity contribution in [1.29, 1.82) is 0 Å². The average Bonchev–Trinajstić information content (AvgIpc) is 2.45. The van der Waals surface area contributed by atoms with Crippen LogP contribution in [0.3, 0.4) is 0 Å². The summed E-state index contributed by atoms with van der Waals surface area (Å²) in [6.07, 6.45) is 1.59. The first-order valence-electron chi connectivity index (χ1n) is 7.23. The van der Waals surface area contributed by atoms with Crippen LogP contribution in [0.4, 0.5) is 0 Å². The minimum Gasteiger partial charge on any atom is -0.378 e. The van der Waals surface area contributed by atoms with Crippen molar-refractivity contribution in [3.05, 3.63) is 0 Å². The first kappa shape index (κ1) is 22.3. The zero-order valence-electron chi connectivity index (χ0n) is 13.9. The predicted octanol–water partition coefficient (Wildman–Crippen LogP) is 1.16. The Balaban J connectivity index is 3.40. The Hall–Kier alpha value is 0.340. The number of hydrogen-bond donors (Lipinski definition) is 1. The van der Waals surface area contributed by atoms with Crippen molar-refractivity contribution in [1.82, 2.24) is 4.90 Å². The van der Waals surface area contributed by atoms with Crippen LogP contribution in [0.2, 0.25) is 0 Å². The molecule has 1 N–H and O–H groups in total. The molecular formula is C13H30NO6PS. The van der Waals surface area contributed by atoms with E-state index >= 15 is 0 Å². The first-order chi connectivity index (χ1) is 10.5. The molecule has 0 spiro atoms. The van der Waals surface area contributed by atoms with Crippen molar-refractivity contribution in [2.24, 2.45) is 0 Å². The van der Waals surface area contributed by atoms with Crippen LogP contribution in [0, 0.1) is 0 Å². The molecule has 0 fully saturated rings. The Morgan fingerprint density at radius 2 is 1.41 bits per heavy atom. The van der Waals surface area contributed by atoms with Gasteiger partial charge in [0.15, 0.2) is 0 Å². The molecule has 9 heteroatoms. The van der Waals surface area contributed by atoms with Gasteiger partial charge < -0.3 is 28.7 Å². The van der Waals surface area contributed by atoms with Gasteiger partial charge in [-0.25, -0.2) is 0 Å². The van der Waals surface area contributed by atoms with Gasteiger partial charge in [0.2, 0.25) is 7.37 Å². The molecule has 0 aromatic heterocycles. The van der Waals surface area contributed by atoms with Crippen molar-refractivity contribution in [2.45, 2.75) is 0 Å². The number of hydrogen-bond acceptors (Lipinski definition) is 7. The molecule has 134 valence electrons. The van der Waals surface area contributed by atoms with Gasteiger partial charge in [0.1, 0.15) is 12.7 Å². The molecule has 0 bridgehead atoms. The number of ether oxygens (including phenoxy) is 4. The summed E-state index contributed by atoms with van der Waals surface area (Å²) in [6, 6.07) is 0. The molecular weight excluding hydrogens is 329 g/mol. The Labute approximate surface area is 138 Å². The van der Waals surface area contributed by atoms with Crippen LogP contribution < -0.4 is 0 Å². The highest BCUT2D eigenvalue weighted by Gasteiger charge is 2.18. The fourth-order valence-electron chi connectivity index (χ4n) is 1.28. The summed E-state index contributed by atoms with van der Waals surface area (Å²) in [4.78, 5) is 11.7. The van der Waals surface area contributed by atoms with Crippen LogP contribution in [0.1, 0.15) is 0 Å². The fourth-order valence-corrected chi connectivity index (χ4v) is 2.47. The smallest absolute Gasteiger partial charge is 0.250 e. The largest absolute Gasteiger partial charge is 0.378 e. The molecule has 0 amide bonds. The highest BCUT2D eigenvalue weighted by molar-refractivity contribution is 7.98. The van der Waals surface area contributed by atoms with E-state index in [2.05, 4.69) is 0 Å². The number of thioether (sulfide) groups is 1. The molecule has 22 heavy (non-hydrogen) atoms. The maximum atomic E-state index is 11.7. The van der Waals surface area contributed by atoms with Gasteiger partial charge in [0.05, 0.1) is 39.6 Å². The predicted molar refractivity (Wildman–Crippen MR) is 90.0 cm³/mol. The zero-order chi connectivity index (χ0) is 16.7. The normalized spacial score (nSPS) is 14.4. The molecule has 1 unspecified atom stereocenters. The number of likely N-dealkylation sites (N-methyl/N-ethyl adjacent to an activating group) is 1. The van der Waals surface area contributed by atoms with E-state index in [0.717, 1.165) is 12.3 Å². The summed E-state index contributed by atoms with van der Waals surface area (Å²) in [5.41, 5.74) is 0. The van der Waals surface area contributed by atoms with Crippen LogP contribution in [-0.4, -0.2) is 94.8 Å². The van der Waals surface area contributed by atoms with Gasteiger partial charge >= 0.3 is 0 Å². The standard InChI is InChI=1S/C13H30NO6PS/c1-14(2)4-5-17-6-8-19-12-21(15,16)13-20-9-7-18-10-11-22-3/h4-13H2,1-3H3,(H,15,16). The van der Waals surface area contributed by atoms with Crippen molar-refractivity contribution < 1.29 is 28.4 Å². The lowest BCUT2D eigenvalue weighted by molar-refractivity contribution is 0.0507. The average molecular weight is 359 g/mol. The molecule has 1 atom stereocenters. The van der Waals surface area contributed by atoms with Gasteiger partial charge in [0.25, 0.3) is 0 Å². The fraction of sp³-hybridized carbons (Fsp3) is 1.00. The van der Waals surface area contributed by atoms with E-state index in [1.54, 1.807) is 11.8 Å².